The van der Waals surface area contributed by atoms with Crippen LogP contribution < -0.4 is 5.32 Å². The molecule has 5 rings (SSSR count). The van der Waals surface area contributed by atoms with E-state index < -0.39 is 34.3 Å². The minimum absolute atomic E-state index is 0.213. The van der Waals surface area contributed by atoms with Crippen LogP contribution in [0.3, 0.4) is 0 Å². The summed E-state index contributed by atoms with van der Waals surface area (Å²) in [6, 6.07) is 7.99. The van der Waals surface area contributed by atoms with Gasteiger partial charge in [0.15, 0.2) is 0 Å². The predicted molar refractivity (Wildman–Crippen MR) is 145 cm³/mol. The number of alkyl halides is 3. The molecule has 0 saturated carbocycles. The molecule has 1 spiro atoms. The van der Waals surface area contributed by atoms with E-state index in [9.17, 15) is 26.7 Å². The number of likely N-dealkylation sites (tertiary alicyclic amines) is 1. The Bertz CT molecular complexity index is 1470. The van der Waals surface area contributed by atoms with E-state index in [4.69, 9.17) is 26.2 Å². The fraction of sp³-hybridized carbons (Fsp3) is 0.379. The summed E-state index contributed by atoms with van der Waals surface area (Å²) < 4.78 is 66.4. The van der Waals surface area contributed by atoms with E-state index >= 15 is 0 Å². The van der Waals surface area contributed by atoms with E-state index in [-0.39, 0.29) is 17.1 Å². The number of piperidine rings is 1. The zero-order valence-electron chi connectivity index (χ0n) is 23.1. The van der Waals surface area contributed by atoms with Crippen LogP contribution >= 0.6 is 11.6 Å². The van der Waals surface area contributed by atoms with Crippen molar-refractivity contribution in [1.29, 1.82) is 0 Å². The lowest BCUT2D eigenvalue weighted by Gasteiger charge is -2.39. The van der Waals surface area contributed by atoms with Gasteiger partial charge in [0.2, 0.25) is 5.91 Å². The molecule has 230 valence electrons. The van der Waals surface area contributed by atoms with Crippen molar-refractivity contribution in [2.45, 2.75) is 57.2 Å². The number of nitrogens with one attached hydrogen (secondary N) is 1. The molecule has 2 aliphatic heterocycles. The van der Waals surface area contributed by atoms with Crippen LogP contribution in [0.4, 0.5) is 22.0 Å². The summed E-state index contributed by atoms with van der Waals surface area (Å²) in [7, 11) is 0. The second kappa shape index (κ2) is 12.5. The third-order valence-corrected chi connectivity index (χ3v) is 7.90. The molecule has 8 nitrogen and oxygen atoms in total. The second-order valence-corrected chi connectivity index (χ2v) is 10.9. The number of amides is 1. The highest BCUT2D eigenvalue weighted by Crippen LogP contribution is 2.43. The Labute approximate surface area is 248 Å². The average molecular weight is 627 g/mol. The number of rotatable bonds is 5. The quantitative estimate of drug-likeness (QED) is 0.286. The number of nitrogens with zero attached hydrogens (tertiary/aromatic N) is 3. The Morgan fingerprint density at radius 2 is 1.74 bits per heavy atom. The van der Waals surface area contributed by atoms with Gasteiger partial charge in [-0.3, -0.25) is 19.7 Å². The van der Waals surface area contributed by atoms with Crippen molar-refractivity contribution in [2.75, 3.05) is 13.1 Å². The van der Waals surface area contributed by atoms with E-state index in [2.05, 4.69) is 20.2 Å². The second-order valence-electron chi connectivity index (χ2n) is 10.5. The molecule has 43 heavy (non-hydrogen) atoms. The fourth-order valence-corrected chi connectivity index (χ4v) is 5.40. The van der Waals surface area contributed by atoms with Crippen LogP contribution in [0.25, 0.3) is 0 Å². The van der Waals surface area contributed by atoms with Gasteiger partial charge in [-0.1, -0.05) is 17.7 Å². The lowest BCUT2D eigenvalue weighted by Crippen LogP contribution is -2.44. The SMILES string of the molecule is CC(=O)N[C@@](C)(c1cc(F)c(Cl)c(F)c1)c1ccc(CN2CCC3(CC2)OCc2ccncc23)cn1.O=C(O)C(F)(F)F. The molecular formula is C29H28ClF5N4O4. The first-order valence-corrected chi connectivity index (χ1v) is 13.5. The molecule has 1 fully saturated rings. The molecule has 2 aromatic heterocycles. The fourth-order valence-electron chi connectivity index (χ4n) is 5.29. The van der Waals surface area contributed by atoms with Crippen LogP contribution in [-0.2, 0) is 38.6 Å². The number of aliphatic carboxylic acids is 1. The maximum atomic E-state index is 14.2. The zero-order chi connectivity index (χ0) is 31.6. The highest BCUT2D eigenvalue weighted by molar-refractivity contribution is 6.30. The summed E-state index contributed by atoms with van der Waals surface area (Å²) in [5.41, 5.74) is 2.63. The molecule has 0 bridgehead atoms. The largest absolute Gasteiger partial charge is 0.490 e. The molecule has 14 heteroatoms. The molecule has 4 heterocycles. The highest BCUT2D eigenvalue weighted by atomic mass is 35.5. The molecule has 2 N–H and O–H groups in total. The van der Waals surface area contributed by atoms with Gasteiger partial charge in [-0.2, -0.15) is 13.2 Å². The van der Waals surface area contributed by atoms with Crippen LogP contribution in [0.15, 0.2) is 48.9 Å². The van der Waals surface area contributed by atoms with Gasteiger partial charge in [0.05, 0.1) is 17.9 Å². The van der Waals surface area contributed by atoms with Crippen molar-refractivity contribution >= 4 is 23.5 Å². The Morgan fingerprint density at radius 1 is 1.12 bits per heavy atom. The standard InChI is InChI=1S/C27H27ClF2N4O2.C2HF3O2/c1-17(35)33-26(2,20-11-22(29)25(28)23(30)12-20)24-4-3-18(13-32-24)15-34-9-6-27(7-10-34)21-14-31-8-5-19(21)16-36-27;3-2(4,5)1(6)7/h3-5,8,11-14H,6-7,9-10,15-16H2,1-2H3,(H,33,35);(H,6,7)/t26-;/m0./s1. The molecule has 1 aromatic carbocycles. The first-order valence-electron chi connectivity index (χ1n) is 13.1. The molecule has 3 aromatic rings. The Kier molecular flexibility index (Phi) is 9.38. The molecule has 1 amide bonds. The normalized spacial score (nSPS) is 17.4. The van der Waals surface area contributed by atoms with Crippen LogP contribution in [-0.4, -0.2) is 51.1 Å². The average Bonchev–Trinajstić information content (AvgIpc) is 3.30. The van der Waals surface area contributed by atoms with Crippen LogP contribution in [0.5, 0.6) is 0 Å². The highest BCUT2D eigenvalue weighted by Gasteiger charge is 2.43. The maximum absolute atomic E-state index is 14.2. The molecule has 2 aliphatic rings. The number of hydrogen-bond acceptors (Lipinski definition) is 6. The number of carboxylic acids is 1. The Balaban J connectivity index is 0.000000541. The molecule has 0 unspecified atom stereocenters. The molecule has 0 radical (unpaired) electrons. The summed E-state index contributed by atoms with van der Waals surface area (Å²) in [6.07, 6.45) is 2.19. The maximum Gasteiger partial charge on any atom is 0.490 e. The zero-order valence-corrected chi connectivity index (χ0v) is 23.9. The number of ether oxygens (including phenoxy) is 1. The lowest BCUT2D eigenvalue weighted by molar-refractivity contribution is -0.192. The predicted octanol–water partition coefficient (Wildman–Crippen LogP) is 5.46. The van der Waals surface area contributed by atoms with Crippen LogP contribution in [0, 0.1) is 11.6 Å². The summed E-state index contributed by atoms with van der Waals surface area (Å²) >= 11 is 5.66. The Hall–Kier alpha value is -3.68. The van der Waals surface area contributed by atoms with Gasteiger partial charge in [-0.05, 0) is 60.7 Å². The van der Waals surface area contributed by atoms with Gasteiger partial charge in [-0.25, -0.2) is 13.6 Å². The minimum Gasteiger partial charge on any atom is -0.475 e. The smallest absolute Gasteiger partial charge is 0.475 e. The third kappa shape index (κ3) is 7.11. The number of carboxylic acid groups (broad SMARTS) is 1. The van der Waals surface area contributed by atoms with Gasteiger partial charge in [-0.15, -0.1) is 0 Å². The summed E-state index contributed by atoms with van der Waals surface area (Å²) in [5.74, 6) is -4.90. The number of carbonyl (C=O) groups excluding carboxylic acids is 1. The number of pyridine rings is 2. The van der Waals surface area contributed by atoms with Gasteiger partial charge in [0.1, 0.15) is 22.2 Å². The Morgan fingerprint density at radius 3 is 2.28 bits per heavy atom. The molecule has 1 atom stereocenters. The van der Waals surface area contributed by atoms with Crippen molar-refractivity contribution in [1.82, 2.24) is 20.2 Å². The van der Waals surface area contributed by atoms with Gasteiger partial charge in [0, 0.05) is 50.7 Å². The van der Waals surface area contributed by atoms with Gasteiger partial charge in [0.25, 0.3) is 0 Å². The number of carbonyl (C=O) groups is 2. The first-order chi connectivity index (χ1) is 20.1. The van der Waals surface area contributed by atoms with Crippen molar-refractivity contribution in [3.63, 3.8) is 0 Å². The van der Waals surface area contributed by atoms with Gasteiger partial charge < -0.3 is 15.2 Å². The minimum atomic E-state index is -5.08. The van der Waals surface area contributed by atoms with Gasteiger partial charge >= 0.3 is 12.1 Å². The number of benzene rings is 1. The number of aromatic nitrogens is 2. The van der Waals surface area contributed by atoms with E-state index in [0.717, 1.165) is 43.6 Å². The summed E-state index contributed by atoms with van der Waals surface area (Å²) in [5, 5.41) is 9.33. The molecule has 0 aliphatic carbocycles. The van der Waals surface area contributed by atoms with Crippen molar-refractivity contribution in [3.8, 4) is 0 Å². The summed E-state index contributed by atoms with van der Waals surface area (Å²) in [6.45, 7) is 6.12. The van der Waals surface area contributed by atoms with Crippen molar-refractivity contribution < 1.29 is 41.4 Å². The number of halogens is 6. The number of fused-ring (bicyclic) bond motifs is 2. The monoisotopic (exact) mass is 626 g/mol. The van der Waals surface area contributed by atoms with Crippen molar-refractivity contribution in [3.05, 3.63) is 93.5 Å². The van der Waals surface area contributed by atoms with Crippen LogP contribution in [0.2, 0.25) is 5.02 Å². The van der Waals surface area contributed by atoms with Crippen LogP contribution in [0.1, 0.15) is 54.6 Å². The topological polar surface area (TPSA) is 105 Å². The van der Waals surface area contributed by atoms with E-state index in [1.807, 2.05) is 24.5 Å². The third-order valence-electron chi connectivity index (χ3n) is 7.54. The van der Waals surface area contributed by atoms with Crippen molar-refractivity contribution in [2.24, 2.45) is 0 Å². The van der Waals surface area contributed by atoms with E-state index in [1.54, 1.807) is 19.2 Å². The van der Waals surface area contributed by atoms with E-state index in [0.29, 0.717) is 18.8 Å². The lowest BCUT2D eigenvalue weighted by atomic mass is 9.84. The molecular weight excluding hydrogens is 599 g/mol. The van der Waals surface area contributed by atoms with E-state index in [1.165, 1.54) is 18.1 Å². The summed E-state index contributed by atoms with van der Waals surface area (Å²) in [4.78, 5) is 32.1. The number of hydrogen-bond donors (Lipinski definition) is 2. The first kappa shape index (κ1) is 32.2. The molecule has 1 saturated heterocycles.